The highest BCUT2D eigenvalue weighted by Crippen LogP contribution is 2.33. The summed E-state index contributed by atoms with van der Waals surface area (Å²) in [6.07, 6.45) is 2.37. The van der Waals surface area contributed by atoms with Gasteiger partial charge in [-0.2, -0.15) is 0 Å². The lowest BCUT2D eigenvalue weighted by molar-refractivity contribution is -0.274. The highest BCUT2D eigenvalue weighted by Gasteiger charge is 2.31. The molecule has 1 fully saturated rings. The monoisotopic (exact) mass is 561 g/mol. The molecule has 210 valence electrons. The number of aromatic nitrogens is 3. The second kappa shape index (κ2) is 10.8. The minimum Gasteiger partial charge on any atom is -0.406 e. The topological polar surface area (TPSA) is 64.3 Å². The minimum atomic E-state index is -4.80. The third-order valence-corrected chi connectivity index (χ3v) is 7.25. The highest BCUT2D eigenvalue weighted by molar-refractivity contribution is 5.84. The fraction of sp³-hybridized carbons (Fsp3) is 0.258. The van der Waals surface area contributed by atoms with Crippen molar-refractivity contribution in [2.75, 3.05) is 5.32 Å². The molecule has 2 aliphatic carbocycles. The molecule has 2 aromatic carbocycles. The van der Waals surface area contributed by atoms with Crippen LogP contribution in [0.1, 0.15) is 37.8 Å². The largest absolute Gasteiger partial charge is 0.573 e. The van der Waals surface area contributed by atoms with Crippen LogP contribution in [0.2, 0.25) is 0 Å². The Labute approximate surface area is 233 Å². The first-order chi connectivity index (χ1) is 19.7. The van der Waals surface area contributed by atoms with E-state index in [2.05, 4.69) is 15.0 Å². The smallest absolute Gasteiger partial charge is 0.406 e. The molecular weight excluding hydrogens is 534 g/mol. The molecule has 1 N–H and O–H groups in total. The van der Waals surface area contributed by atoms with E-state index in [1.165, 1.54) is 42.8 Å². The molecule has 1 saturated carbocycles. The number of nitrogens with zero attached hydrogens (tertiary/aromatic N) is 4. The van der Waals surface area contributed by atoms with E-state index in [-0.39, 0.29) is 11.8 Å². The summed E-state index contributed by atoms with van der Waals surface area (Å²) in [5.41, 5.74) is 5.18. The van der Waals surface area contributed by atoms with Crippen molar-refractivity contribution in [1.82, 2.24) is 14.5 Å². The molecule has 6 rings (SSSR count). The molecule has 0 atom stereocenters. The number of benzene rings is 3. The third-order valence-electron chi connectivity index (χ3n) is 7.25. The molecule has 3 aromatic rings. The van der Waals surface area contributed by atoms with Gasteiger partial charge in [0.25, 0.3) is 0 Å². The lowest BCUT2D eigenvalue weighted by Gasteiger charge is -2.22. The molecule has 1 aliphatic heterocycles. The summed E-state index contributed by atoms with van der Waals surface area (Å²) < 4.78 is 58.6. The zero-order valence-corrected chi connectivity index (χ0v) is 22.3. The number of aryl methyl sites for hydroxylation is 1. The average Bonchev–Trinajstić information content (AvgIpc) is 2.94. The first-order valence-electron chi connectivity index (χ1n) is 13.5. The van der Waals surface area contributed by atoms with Gasteiger partial charge in [0.2, 0.25) is 0 Å². The number of pyridine rings is 1. The Morgan fingerprint density at radius 1 is 0.951 bits per heavy atom. The van der Waals surface area contributed by atoms with Crippen LogP contribution >= 0.6 is 0 Å². The summed E-state index contributed by atoms with van der Waals surface area (Å²) in [5.74, 6) is -0.778. The van der Waals surface area contributed by atoms with Crippen LogP contribution in [0.4, 0.5) is 28.9 Å². The highest BCUT2D eigenvalue weighted by atomic mass is 19.4. The normalized spacial score (nSPS) is 15.0. The van der Waals surface area contributed by atoms with Gasteiger partial charge in [-0.25, -0.2) is 9.37 Å². The van der Waals surface area contributed by atoms with Crippen molar-refractivity contribution in [2.24, 2.45) is 4.99 Å². The second-order valence-electron chi connectivity index (χ2n) is 10.2. The van der Waals surface area contributed by atoms with Crippen LogP contribution in [0.3, 0.4) is 0 Å². The lowest BCUT2D eigenvalue weighted by atomic mass is 9.96. The molecule has 0 amide bonds. The van der Waals surface area contributed by atoms with Gasteiger partial charge in [0.1, 0.15) is 11.6 Å². The maximum absolute atomic E-state index is 14.3. The molecule has 41 heavy (non-hydrogen) atoms. The number of hydrogen-bond donors (Lipinski definition) is 1. The van der Waals surface area contributed by atoms with E-state index in [0.717, 1.165) is 48.1 Å². The van der Waals surface area contributed by atoms with Gasteiger partial charge in [0, 0.05) is 18.0 Å². The van der Waals surface area contributed by atoms with Crippen LogP contribution in [-0.4, -0.2) is 26.9 Å². The van der Waals surface area contributed by atoms with E-state index in [1.807, 2.05) is 35.8 Å². The van der Waals surface area contributed by atoms with Gasteiger partial charge >= 0.3 is 6.36 Å². The zero-order chi connectivity index (χ0) is 28.6. The molecule has 10 heteroatoms. The van der Waals surface area contributed by atoms with Crippen molar-refractivity contribution in [3.63, 3.8) is 0 Å². The maximum atomic E-state index is 14.3. The average molecular weight is 562 g/mol. The van der Waals surface area contributed by atoms with Gasteiger partial charge in [-0.05, 0) is 80.4 Å². The number of nitrogens with one attached hydrogen (secondary N) is 1. The van der Waals surface area contributed by atoms with E-state index < -0.39 is 12.2 Å². The summed E-state index contributed by atoms with van der Waals surface area (Å²) in [6, 6.07) is 17.6. The predicted molar refractivity (Wildman–Crippen MR) is 149 cm³/mol. The lowest BCUT2D eigenvalue weighted by Crippen LogP contribution is -2.20. The molecule has 0 unspecified atom stereocenters. The van der Waals surface area contributed by atoms with Crippen molar-refractivity contribution in [1.29, 1.82) is 0 Å². The standard InChI is InChI=1S/C31H27F4N5O/c1-19-24(8-5-15-36-19)38-25-17-28-30(18-26(25)37-21-6-3-2-4-7-21)40(29-14-9-20(32)16-27(29)39-28)22-10-12-23(13-11-22)41-31(33,34)35/h5,8-18,21,38H,2-4,6-7H2,1H3. The van der Waals surface area contributed by atoms with Crippen molar-refractivity contribution >= 4 is 22.4 Å². The van der Waals surface area contributed by atoms with Crippen LogP contribution in [0.25, 0.3) is 28.1 Å². The molecule has 1 aromatic heterocycles. The van der Waals surface area contributed by atoms with Crippen LogP contribution in [0.5, 0.6) is 5.75 Å². The fourth-order valence-corrected chi connectivity index (χ4v) is 5.32. The number of fused-ring (bicyclic) bond motifs is 2. The number of anilines is 2. The summed E-state index contributed by atoms with van der Waals surface area (Å²) in [7, 11) is 0. The predicted octanol–water partition coefficient (Wildman–Crippen LogP) is 7.85. The van der Waals surface area contributed by atoms with Crippen molar-refractivity contribution in [3.8, 4) is 22.8 Å². The summed E-state index contributed by atoms with van der Waals surface area (Å²) in [5, 5.41) is 4.21. The van der Waals surface area contributed by atoms with Gasteiger partial charge in [0.05, 0.1) is 50.9 Å². The van der Waals surface area contributed by atoms with Crippen molar-refractivity contribution in [2.45, 2.75) is 51.4 Å². The summed E-state index contributed by atoms with van der Waals surface area (Å²) >= 11 is 0. The summed E-state index contributed by atoms with van der Waals surface area (Å²) in [4.78, 5) is 14.3. The number of hydrogen-bond acceptors (Lipinski definition) is 5. The van der Waals surface area contributed by atoms with E-state index >= 15 is 0 Å². The maximum Gasteiger partial charge on any atom is 0.573 e. The zero-order valence-electron chi connectivity index (χ0n) is 22.3. The van der Waals surface area contributed by atoms with Crippen molar-refractivity contribution in [3.05, 3.63) is 89.8 Å². The molecule has 3 aliphatic rings. The Morgan fingerprint density at radius 2 is 1.73 bits per heavy atom. The van der Waals surface area contributed by atoms with E-state index in [1.54, 1.807) is 12.3 Å². The Balaban J connectivity index is 1.58. The Hall–Kier alpha value is -4.47. The number of rotatable bonds is 5. The van der Waals surface area contributed by atoms with E-state index in [4.69, 9.17) is 9.98 Å². The molecule has 0 spiro atoms. The van der Waals surface area contributed by atoms with Gasteiger partial charge in [-0.3, -0.25) is 9.98 Å². The Kier molecular flexibility index (Phi) is 7.07. The van der Waals surface area contributed by atoms with Crippen LogP contribution in [0.15, 0.2) is 77.9 Å². The first kappa shape index (κ1) is 26.7. The number of ether oxygens (including phenoxy) is 1. The van der Waals surface area contributed by atoms with Crippen molar-refractivity contribution < 1.29 is 22.3 Å². The van der Waals surface area contributed by atoms with Crippen LogP contribution in [-0.2, 0) is 0 Å². The quantitative estimate of drug-likeness (QED) is 0.175. The number of alkyl halides is 3. The van der Waals surface area contributed by atoms with Gasteiger partial charge in [-0.15, -0.1) is 13.2 Å². The Bertz CT molecular complexity index is 1740. The molecule has 0 bridgehead atoms. The number of halogens is 4. The molecule has 2 heterocycles. The van der Waals surface area contributed by atoms with Crippen LogP contribution in [0, 0.1) is 12.7 Å². The van der Waals surface area contributed by atoms with Gasteiger partial charge in [-0.1, -0.05) is 19.3 Å². The third kappa shape index (κ3) is 5.86. The SMILES string of the molecule is Cc1ncccc1Nc1cc2nc3cc(F)ccc3n(-c3ccc(OC(F)(F)F)cc3)c-2cc1=NC1CCCCC1. The Morgan fingerprint density at radius 3 is 2.46 bits per heavy atom. The van der Waals surface area contributed by atoms with E-state index in [0.29, 0.717) is 28.1 Å². The molecule has 0 saturated heterocycles. The first-order valence-corrected chi connectivity index (χ1v) is 13.5. The van der Waals surface area contributed by atoms with E-state index in [9.17, 15) is 17.6 Å². The molecule has 0 radical (unpaired) electrons. The fourth-order valence-electron chi connectivity index (χ4n) is 5.32. The molecular formula is C31H27F4N5O. The van der Waals surface area contributed by atoms with Gasteiger partial charge in [0.15, 0.2) is 0 Å². The van der Waals surface area contributed by atoms with Gasteiger partial charge < -0.3 is 14.6 Å². The summed E-state index contributed by atoms with van der Waals surface area (Å²) in [6.45, 7) is 1.91. The molecule has 6 nitrogen and oxygen atoms in total. The second-order valence-corrected chi connectivity index (χ2v) is 10.2. The minimum absolute atomic E-state index is 0.173. The van der Waals surface area contributed by atoms with Crippen LogP contribution < -0.4 is 15.4 Å².